The van der Waals surface area contributed by atoms with E-state index in [0.717, 1.165) is 32.5 Å². The Morgan fingerprint density at radius 2 is 1.94 bits per heavy atom. The fourth-order valence-corrected chi connectivity index (χ4v) is 4.45. The molecule has 10 heteroatoms. The van der Waals surface area contributed by atoms with Gasteiger partial charge in [-0.05, 0) is 45.2 Å². The predicted molar refractivity (Wildman–Crippen MR) is 111 cm³/mol. The number of hydrogen-bond donors (Lipinski definition) is 1. The molecule has 0 aliphatic carbocycles. The highest BCUT2D eigenvalue weighted by Gasteiger charge is 2.33. The van der Waals surface area contributed by atoms with Gasteiger partial charge in [0.25, 0.3) is 5.91 Å². The Hall–Kier alpha value is -2.59. The van der Waals surface area contributed by atoms with Gasteiger partial charge in [0.15, 0.2) is 0 Å². The lowest BCUT2D eigenvalue weighted by molar-refractivity contribution is -0.274. The Morgan fingerprint density at radius 1 is 1.19 bits per heavy atom. The summed E-state index contributed by atoms with van der Waals surface area (Å²) < 4.78 is 48.6. The normalized spacial score (nSPS) is 20.0. The van der Waals surface area contributed by atoms with Crippen LogP contribution in [0.25, 0.3) is 5.69 Å². The number of aryl methyl sites for hydroxylation is 1. The Labute approximate surface area is 184 Å². The number of hydrogen-bond acceptors (Lipinski definition) is 5. The summed E-state index contributed by atoms with van der Waals surface area (Å²) in [6, 6.07) is 6.23. The van der Waals surface area contributed by atoms with E-state index in [0.29, 0.717) is 41.8 Å². The van der Waals surface area contributed by atoms with Gasteiger partial charge in [0.1, 0.15) is 5.75 Å². The minimum absolute atomic E-state index is 0.106. The summed E-state index contributed by atoms with van der Waals surface area (Å²) in [7, 11) is 0. The van der Waals surface area contributed by atoms with Crippen molar-refractivity contribution >= 4 is 5.91 Å². The summed E-state index contributed by atoms with van der Waals surface area (Å²) in [5.41, 5.74) is 2.00. The maximum atomic E-state index is 13.3. The van der Waals surface area contributed by atoms with Gasteiger partial charge in [-0.2, -0.15) is 5.10 Å². The third-order valence-corrected chi connectivity index (χ3v) is 5.97. The fraction of sp³-hybridized carbons (Fsp3) is 0.545. The molecule has 1 amide bonds. The molecule has 1 aromatic carbocycles. The second-order valence-corrected chi connectivity index (χ2v) is 8.29. The molecule has 2 saturated heterocycles. The highest BCUT2D eigenvalue weighted by molar-refractivity contribution is 5.96. The van der Waals surface area contributed by atoms with Gasteiger partial charge in [0, 0.05) is 44.5 Å². The quantitative estimate of drug-likeness (QED) is 0.754. The van der Waals surface area contributed by atoms with Crippen LogP contribution >= 0.6 is 0 Å². The highest BCUT2D eigenvalue weighted by atomic mass is 19.4. The molecule has 0 saturated carbocycles. The van der Waals surface area contributed by atoms with E-state index >= 15 is 0 Å². The summed E-state index contributed by atoms with van der Waals surface area (Å²) >= 11 is 0. The van der Waals surface area contributed by atoms with Crippen LogP contribution in [0.15, 0.2) is 24.3 Å². The van der Waals surface area contributed by atoms with E-state index in [2.05, 4.69) is 15.2 Å². The summed E-state index contributed by atoms with van der Waals surface area (Å²) in [6.45, 7) is 6.28. The van der Waals surface area contributed by atoms with Gasteiger partial charge in [0.2, 0.25) is 0 Å². The van der Waals surface area contributed by atoms with Crippen LogP contribution in [-0.2, 0) is 4.74 Å². The van der Waals surface area contributed by atoms with E-state index in [-0.39, 0.29) is 17.7 Å². The Kier molecular flexibility index (Phi) is 6.43. The van der Waals surface area contributed by atoms with E-state index in [4.69, 9.17) is 4.74 Å². The van der Waals surface area contributed by atoms with Crippen LogP contribution in [0.3, 0.4) is 0 Å². The molecule has 0 bridgehead atoms. The lowest BCUT2D eigenvalue weighted by Gasteiger charge is -2.26. The lowest BCUT2D eigenvalue weighted by Crippen LogP contribution is -2.43. The fourth-order valence-electron chi connectivity index (χ4n) is 4.45. The number of amides is 1. The molecule has 1 unspecified atom stereocenters. The minimum atomic E-state index is -4.78. The van der Waals surface area contributed by atoms with Crippen molar-refractivity contribution in [1.29, 1.82) is 0 Å². The number of aromatic nitrogens is 2. The number of halogens is 3. The first kappa shape index (κ1) is 22.6. The number of ether oxygens (including phenoxy) is 2. The Morgan fingerprint density at radius 3 is 2.66 bits per heavy atom. The number of likely N-dealkylation sites (tertiary alicyclic amines) is 1. The second kappa shape index (κ2) is 9.11. The molecule has 2 aromatic rings. The van der Waals surface area contributed by atoms with Gasteiger partial charge in [-0.3, -0.25) is 4.79 Å². The predicted octanol–water partition coefficient (Wildman–Crippen LogP) is 3.37. The SMILES string of the molecule is Cc1nn(-c2cccc(OC(F)(F)F)c2)c(C)c1C(=O)N1CCC(NC2CCOCC2)C1. The second-order valence-electron chi connectivity index (χ2n) is 8.29. The molecule has 4 rings (SSSR count). The monoisotopic (exact) mass is 452 g/mol. The molecule has 0 spiro atoms. The van der Waals surface area contributed by atoms with Crippen molar-refractivity contribution in [3.63, 3.8) is 0 Å². The molecule has 3 heterocycles. The van der Waals surface area contributed by atoms with Crippen molar-refractivity contribution in [2.24, 2.45) is 0 Å². The van der Waals surface area contributed by atoms with Gasteiger partial charge in [-0.15, -0.1) is 13.2 Å². The number of nitrogens with one attached hydrogen (secondary N) is 1. The molecular formula is C22H27F3N4O3. The lowest BCUT2D eigenvalue weighted by atomic mass is 10.1. The minimum Gasteiger partial charge on any atom is -0.406 e. The van der Waals surface area contributed by atoms with E-state index in [9.17, 15) is 18.0 Å². The van der Waals surface area contributed by atoms with E-state index < -0.39 is 6.36 Å². The van der Waals surface area contributed by atoms with E-state index in [1.165, 1.54) is 22.9 Å². The molecule has 174 valence electrons. The maximum Gasteiger partial charge on any atom is 0.573 e. The van der Waals surface area contributed by atoms with E-state index in [1.54, 1.807) is 19.9 Å². The number of nitrogens with zero attached hydrogens (tertiary/aromatic N) is 3. The van der Waals surface area contributed by atoms with Crippen molar-refractivity contribution in [3.8, 4) is 11.4 Å². The van der Waals surface area contributed by atoms with Crippen LogP contribution in [0.5, 0.6) is 5.75 Å². The maximum absolute atomic E-state index is 13.3. The third-order valence-electron chi connectivity index (χ3n) is 5.97. The third kappa shape index (κ3) is 5.07. The van der Waals surface area contributed by atoms with Gasteiger partial charge >= 0.3 is 6.36 Å². The van der Waals surface area contributed by atoms with Crippen LogP contribution in [0.4, 0.5) is 13.2 Å². The van der Waals surface area contributed by atoms with Crippen molar-refractivity contribution in [1.82, 2.24) is 20.0 Å². The van der Waals surface area contributed by atoms with Gasteiger partial charge in [0.05, 0.1) is 22.6 Å². The van der Waals surface area contributed by atoms with Crippen LogP contribution in [-0.4, -0.2) is 65.3 Å². The summed E-state index contributed by atoms with van der Waals surface area (Å²) in [6.07, 6.45) is -1.94. The first-order valence-corrected chi connectivity index (χ1v) is 10.8. The largest absolute Gasteiger partial charge is 0.573 e. The average molecular weight is 452 g/mol. The zero-order valence-corrected chi connectivity index (χ0v) is 18.1. The van der Waals surface area contributed by atoms with Crippen LogP contribution in [0, 0.1) is 13.8 Å². The molecule has 1 atom stereocenters. The van der Waals surface area contributed by atoms with Crippen molar-refractivity contribution < 1.29 is 27.4 Å². The number of carbonyl (C=O) groups is 1. The number of benzene rings is 1. The topological polar surface area (TPSA) is 68.6 Å². The Balaban J connectivity index is 1.48. The van der Waals surface area contributed by atoms with E-state index in [1.807, 2.05) is 4.90 Å². The van der Waals surface area contributed by atoms with Crippen molar-refractivity contribution in [2.75, 3.05) is 26.3 Å². The van der Waals surface area contributed by atoms with Crippen LogP contribution < -0.4 is 10.1 Å². The molecule has 2 aliphatic heterocycles. The molecule has 7 nitrogen and oxygen atoms in total. The summed E-state index contributed by atoms with van der Waals surface area (Å²) in [5, 5.41) is 8.06. The van der Waals surface area contributed by atoms with Crippen LogP contribution in [0.1, 0.15) is 41.0 Å². The molecular weight excluding hydrogens is 425 g/mol. The zero-order valence-electron chi connectivity index (χ0n) is 18.1. The smallest absolute Gasteiger partial charge is 0.406 e. The molecule has 2 aliphatic rings. The average Bonchev–Trinajstić information content (AvgIpc) is 3.31. The van der Waals surface area contributed by atoms with Crippen molar-refractivity contribution in [2.45, 2.75) is 51.6 Å². The van der Waals surface area contributed by atoms with Gasteiger partial charge in [-0.1, -0.05) is 6.07 Å². The summed E-state index contributed by atoms with van der Waals surface area (Å²) in [5.74, 6) is -0.442. The highest BCUT2D eigenvalue weighted by Crippen LogP contribution is 2.27. The van der Waals surface area contributed by atoms with Gasteiger partial charge < -0.3 is 19.7 Å². The zero-order chi connectivity index (χ0) is 22.9. The number of alkyl halides is 3. The Bertz CT molecular complexity index is 970. The van der Waals surface area contributed by atoms with Gasteiger partial charge in [-0.25, -0.2) is 4.68 Å². The molecule has 2 fully saturated rings. The number of carbonyl (C=O) groups excluding carboxylic acids is 1. The van der Waals surface area contributed by atoms with Crippen LogP contribution in [0.2, 0.25) is 0 Å². The molecule has 1 N–H and O–H groups in total. The first-order valence-electron chi connectivity index (χ1n) is 10.8. The molecule has 32 heavy (non-hydrogen) atoms. The first-order chi connectivity index (χ1) is 15.2. The molecule has 1 aromatic heterocycles. The summed E-state index contributed by atoms with van der Waals surface area (Å²) in [4.78, 5) is 15.1. The van der Waals surface area contributed by atoms with Crippen molar-refractivity contribution in [3.05, 3.63) is 41.2 Å². The number of rotatable bonds is 5. The molecule has 0 radical (unpaired) electrons. The standard InChI is InChI=1S/C22H27F3N4O3/c1-14-20(21(30)28-9-6-17(13-28)26-16-7-10-31-11-8-16)15(2)29(27-14)18-4-3-5-19(12-18)32-22(23,24)25/h3-5,12,16-17,26H,6-11,13H2,1-2H3.